The lowest BCUT2D eigenvalue weighted by Crippen LogP contribution is -2.46. The van der Waals surface area contributed by atoms with E-state index in [1.165, 1.54) is 11.9 Å². The van der Waals surface area contributed by atoms with Crippen molar-refractivity contribution in [3.8, 4) is 17.6 Å². The molecule has 30 heavy (non-hydrogen) atoms. The van der Waals surface area contributed by atoms with Crippen molar-refractivity contribution in [3.63, 3.8) is 0 Å². The summed E-state index contributed by atoms with van der Waals surface area (Å²) in [6.07, 6.45) is 4.71. The molecule has 1 aromatic carbocycles. The summed E-state index contributed by atoms with van der Waals surface area (Å²) < 4.78 is 5.85. The van der Waals surface area contributed by atoms with Crippen molar-refractivity contribution < 1.29 is 4.74 Å². The first-order valence-electron chi connectivity index (χ1n) is 10.6. The molecule has 1 N–H and O–H groups in total. The second-order valence-electron chi connectivity index (χ2n) is 7.79. The normalized spacial score (nSPS) is 17.6. The lowest BCUT2D eigenvalue weighted by molar-refractivity contribution is 0.0931. The predicted molar refractivity (Wildman–Crippen MR) is 115 cm³/mol. The van der Waals surface area contributed by atoms with Gasteiger partial charge in [0.2, 0.25) is 0 Å². The first-order chi connectivity index (χ1) is 14.8. The number of hydrogen-bond donors (Lipinski definition) is 1. The molecule has 0 radical (unpaired) electrons. The van der Waals surface area contributed by atoms with E-state index in [4.69, 9.17) is 10.3 Å². The van der Waals surface area contributed by atoms with Gasteiger partial charge in [-0.05, 0) is 45.3 Å². The van der Waals surface area contributed by atoms with Gasteiger partial charge in [0, 0.05) is 36.8 Å². The molecule has 7 heteroatoms. The average Bonchev–Trinajstić information content (AvgIpc) is 2.80. The van der Waals surface area contributed by atoms with E-state index in [0.29, 0.717) is 18.5 Å². The molecule has 0 bridgehead atoms. The fourth-order valence-corrected chi connectivity index (χ4v) is 4.41. The van der Waals surface area contributed by atoms with Crippen LogP contribution < -0.4 is 4.74 Å². The molecule has 2 aliphatic rings. The molecule has 0 saturated carbocycles. The smallest absolute Gasteiger partial charge is 0.180 e. The zero-order chi connectivity index (χ0) is 20.8. The predicted octanol–water partition coefficient (Wildman–Crippen LogP) is 3.56. The molecule has 1 saturated heterocycles. The molecule has 0 amide bonds. The second-order valence-corrected chi connectivity index (χ2v) is 7.79. The van der Waals surface area contributed by atoms with Crippen LogP contribution in [0.25, 0.3) is 0 Å². The minimum atomic E-state index is 0.435. The minimum Gasteiger partial charge on any atom is -0.481 e. The highest BCUT2D eigenvalue weighted by atomic mass is 16.5. The Morgan fingerprint density at radius 1 is 1.20 bits per heavy atom. The first-order valence-corrected chi connectivity index (χ1v) is 10.6. The Bertz CT molecular complexity index is 942. The molecule has 1 fully saturated rings. The highest BCUT2D eigenvalue weighted by Gasteiger charge is 2.29. The van der Waals surface area contributed by atoms with Crippen LogP contribution in [-0.2, 0) is 19.5 Å². The van der Waals surface area contributed by atoms with Crippen LogP contribution in [0.15, 0.2) is 35.7 Å². The quantitative estimate of drug-likeness (QED) is 0.588. The molecule has 0 aliphatic carbocycles. The van der Waals surface area contributed by atoms with Gasteiger partial charge in [0.15, 0.2) is 5.82 Å². The molecule has 156 valence electrons. The number of ether oxygens (including phenoxy) is 1. The molecule has 7 nitrogen and oxygen atoms in total. The molecule has 2 aromatic rings. The van der Waals surface area contributed by atoms with Crippen molar-refractivity contribution in [3.05, 3.63) is 47.4 Å². The van der Waals surface area contributed by atoms with Crippen LogP contribution in [-0.4, -0.2) is 52.1 Å². The Morgan fingerprint density at radius 2 is 2.03 bits per heavy atom. The maximum absolute atomic E-state index is 7.31. The van der Waals surface area contributed by atoms with Gasteiger partial charge in [0.1, 0.15) is 18.7 Å². The van der Waals surface area contributed by atoms with E-state index in [1.54, 1.807) is 0 Å². The topological polar surface area (TPSA) is 77.7 Å². The zero-order valence-electron chi connectivity index (χ0n) is 17.5. The van der Waals surface area contributed by atoms with Gasteiger partial charge in [-0.2, -0.15) is 0 Å². The number of piperidine rings is 1. The first kappa shape index (κ1) is 20.5. The summed E-state index contributed by atoms with van der Waals surface area (Å²) in [5.41, 5.74) is 10.6. The number of likely N-dealkylation sites (tertiary alicyclic amines) is 1. The van der Waals surface area contributed by atoms with E-state index in [0.717, 1.165) is 69.0 Å². The van der Waals surface area contributed by atoms with E-state index in [9.17, 15) is 0 Å². The van der Waals surface area contributed by atoms with Crippen molar-refractivity contribution in [1.82, 2.24) is 19.8 Å². The number of benzene rings is 1. The van der Waals surface area contributed by atoms with Gasteiger partial charge in [-0.25, -0.2) is 15.5 Å². The van der Waals surface area contributed by atoms with Crippen molar-refractivity contribution in [2.24, 2.45) is 5.11 Å². The maximum atomic E-state index is 7.31. The summed E-state index contributed by atoms with van der Waals surface area (Å²) in [6.45, 7) is 7.15. The van der Waals surface area contributed by atoms with Crippen molar-refractivity contribution in [2.45, 2.75) is 45.3 Å². The Kier molecular flexibility index (Phi) is 6.67. The number of nitrogens with zero attached hydrogens (tertiary/aromatic N) is 5. The third kappa shape index (κ3) is 4.66. The highest BCUT2D eigenvalue weighted by Crippen LogP contribution is 2.29. The average molecular weight is 405 g/mol. The highest BCUT2D eigenvalue weighted by molar-refractivity contribution is 5.41. The van der Waals surface area contributed by atoms with Crippen LogP contribution >= 0.6 is 0 Å². The largest absolute Gasteiger partial charge is 0.481 e. The SMILES string of the molecule is CC#CCOc1ccccc1CN1CCC(N2CCc3c(ncnc3N=N)C2)CC1. The fourth-order valence-electron chi connectivity index (χ4n) is 4.41. The number of para-hydroxylation sites is 1. The van der Waals surface area contributed by atoms with E-state index in [1.807, 2.05) is 19.1 Å². The van der Waals surface area contributed by atoms with Crippen molar-refractivity contribution in [1.29, 1.82) is 5.53 Å². The molecule has 0 unspecified atom stereocenters. The molecule has 0 atom stereocenters. The molecular weight excluding hydrogens is 376 g/mol. The second kappa shape index (κ2) is 9.79. The molecule has 1 aromatic heterocycles. The van der Waals surface area contributed by atoms with Crippen LogP contribution in [0.1, 0.15) is 36.6 Å². The summed E-state index contributed by atoms with van der Waals surface area (Å²) in [4.78, 5) is 13.6. The van der Waals surface area contributed by atoms with Gasteiger partial charge in [0.05, 0.1) is 5.69 Å². The number of rotatable bonds is 6. The summed E-state index contributed by atoms with van der Waals surface area (Å²) >= 11 is 0. The van der Waals surface area contributed by atoms with E-state index >= 15 is 0 Å². The Labute approximate surface area is 178 Å². The molecule has 4 rings (SSSR count). The minimum absolute atomic E-state index is 0.435. The van der Waals surface area contributed by atoms with Crippen LogP contribution in [0.3, 0.4) is 0 Å². The summed E-state index contributed by atoms with van der Waals surface area (Å²) in [5, 5.41) is 3.56. The number of hydrogen-bond acceptors (Lipinski definition) is 7. The van der Waals surface area contributed by atoms with Crippen LogP contribution in [0.2, 0.25) is 0 Å². The standard InChI is InChI=1S/C23H28N6O/c1-2-3-14-30-22-7-5-4-6-18(22)15-28-11-8-19(9-12-28)29-13-10-20-21(16-29)25-17-26-23(20)27-24/h4-7,17,19,24H,8-16H2,1H3. The molecule has 2 aliphatic heterocycles. The maximum Gasteiger partial charge on any atom is 0.180 e. The van der Waals surface area contributed by atoms with Gasteiger partial charge in [-0.1, -0.05) is 24.1 Å². The molecule has 0 spiro atoms. The third-order valence-electron chi connectivity index (χ3n) is 6.04. The van der Waals surface area contributed by atoms with Gasteiger partial charge >= 0.3 is 0 Å². The van der Waals surface area contributed by atoms with E-state index in [2.05, 4.69) is 48.9 Å². The Balaban J connectivity index is 1.33. The monoisotopic (exact) mass is 404 g/mol. The van der Waals surface area contributed by atoms with Crippen LogP contribution in [0.4, 0.5) is 5.82 Å². The molecular formula is C23H28N6O. The molecule has 3 heterocycles. The van der Waals surface area contributed by atoms with Gasteiger partial charge < -0.3 is 4.74 Å². The lowest BCUT2D eigenvalue weighted by atomic mass is 9.98. The van der Waals surface area contributed by atoms with E-state index < -0.39 is 0 Å². The summed E-state index contributed by atoms with van der Waals surface area (Å²) in [7, 11) is 0. The Morgan fingerprint density at radius 3 is 2.83 bits per heavy atom. The van der Waals surface area contributed by atoms with Gasteiger partial charge in [0.25, 0.3) is 0 Å². The van der Waals surface area contributed by atoms with Crippen molar-refractivity contribution in [2.75, 3.05) is 26.2 Å². The van der Waals surface area contributed by atoms with Gasteiger partial charge in [-0.3, -0.25) is 9.80 Å². The fraction of sp³-hybridized carbons (Fsp3) is 0.478. The summed E-state index contributed by atoms with van der Waals surface area (Å²) in [5.74, 6) is 7.31. The van der Waals surface area contributed by atoms with Crippen LogP contribution in [0.5, 0.6) is 5.75 Å². The van der Waals surface area contributed by atoms with E-state index in [-0.39, 0.29) is 0 Å². The lowest BCUT2D eigenvalue weighted by Gasteiger charge is -2.40. The van der Waals surface area contributed by atoms with Crippen LogP contribution in [0, 0.1) is 17.4 Å². The Hall–Kier alpha value is -2.82. The number of aromatic nitrogens is 2. The van der Waals surface area contributed by atoms with Gasteiger partial charge in [-0.15, -0.1) is 11.0 Å². The number of fused-ring (bicyclic) bond motifs is 1. The summed E-state index contributed by atoms with van der Waals surface area (Å²) in [6, 6.07) is 8.85. The third-order valence-corrected chi connectivity index (χ3v) is 6.04. The number of nitrogens with one attached hydrogen (secondary N) is 1. The zero-order valence-corrected chi connectivity index (χ0v) is 17.5. The van der Waals surface area contributed by atoms with Crippen molar-refractivity contribution >= 4 is 5.82 Å².